The van der Waals surface area contributed by atoms with Crippen LogP contribution in [0, 0.1) is 0 Å². The Morgan fingerprint density at radius 2 is 2.23 bits per heavy atom. The number of carbonyl (C=O) groups is 1. The fourth-order valence-corrected chi connectivity index (χ4v) is 1.02. The summed E-state index contributed by atoms with van der Waals surface area (Å²) in [6.45, 7) is 0. The van der Waals surface area contributed by atoms with E-state index in [0.29, 0.717) is 0 Å². The first-order chi connectivity index (χ1) is 5.57. The van der Waals surface area contributed by atoms with Crippen LogP contribution in [0.2, 0.25) is 5.02 Å². The van der Waals surface area contributed by atoms with Gasteiger partial charge in [0.05, 0.1) is 0 Å². The number of carbonyl (C=O) groups excluding carboxylic acids is 1. The first-order valence-electron chi connectivity index (χ1n) is 3.28. The Kier molecular flexibility index (Phi) is 4.03. The second-order valence-electron chi connectivity index (χ2n) is 2.25. The molecule has 0 aromatic carbocycles. The summed E-state index contributed by atoms with van der Waals surface area (Å²) >= 11 is 5.72. The number of aryl methyl sites for hydroxylation is 1. The van der Waals surface area contributed by atoms with Crippen molar-refractivity contribution in [3.05, 3.63) is 10.7 Å². The molecule has 0 aliphatic heterocycles. The topological polar surface area (TPSA) is 72.9 Å². The summed E-state index contributed by atoms with van der Waals surface area (Å²) in [7, 11) is 3.12. The van der Waals surface area contributed by atoms with Crippen molar-refractivity contribution in [1.29, 1.82) is 0 Å². The molecule has 0 aliphatic carbocycles. The number of rotatable bonds is 1. The maximum absolute atomic E-state index is 11.1. The highest BCUT2D eigenvalue weighted by molar-refractivity contribution is 6.35. The van der Waals surface area contributed by atoms with E-state index in [9.17, 15) is 4.79 Å². The molecule has 3 N–H and O–H groups in total. The number of nitrogens with one attached hydrogen (secondary N) is 1. The molecule has 7 heteroatoms. The van der Waals surface area contributed by atoms with Gasteiger partial charge in [-0.3, -0.25) is 9.48 Å². The quantitative estimate of drug-likeness (QED) is 0.728. The molecule has 0 unspecified atom stereocenters. The zero-order valence-electron chi connectivity index (χ0n) is 7.17. The van der Waals surface area contributed by atoms with E-state index in [1.165, 1.54) is 11.7 Å². The number of halogens is 2. The minimum Gasteiger partial charge on any atom is -0.383 e. The number of nitrogens with two attached hydrogens (primary N) is 1. The van der Waals surface area contributed by atoms with E-state index in [-0.39, 0.29) is 34.8 Å². The second kappa shape index (κ2) is 4.34. The van der Waals surface area contributed by atoms with E-state index in [1.807, 2.05) is 0 Å². The lowest BCUT2D eigenvalue weighted by Crippen LogP contribution is -2.18. The molecule has 0 atom stereocenters. The maximum Gasteiger partial charge on any atom is 0.273 e. The van der Waals surface area contributed by atoms with Crippen LogP contribution in [0.5, 0.6) is 0 Å². The number of hydrogen-bond acceptors (Lipinski definition) is 3. The van der Waals surface area contributed by atoms with Crippen LogP contribution in [0.15, 0.2) is 0 Å². The normalized spacial score (nSPS) is 9.15. The Morgan fingerprint density at radius 1 is 1.69 bits per heavy atom. The molecule has 0 fully saturated rings. The van der Waals surface area contributed by atoms with Crippen molar-refractivity contribution in [1.82, 2.24) is 15.1 Å². The van der Waals surface area contributed by atoms with Gasteiger partial charge in [0, 0.05) is 14.1 Å². The van der Waals surface area contributed by atoms with Crippen LogP contribution >= 0.6 is 24.0 Å². The average molecular weight is 225 g/mol. The minimum atomic E-state index is -0.340. The van der Waals surface area contributed by atoms with Gasteiger partial charge < -0.3 is 11.1 Å². The van der Waals surface area contributed by atoms with E-state index in [1.54, 1.807) is 7.05 Å². The van der Waals surface area contributed by atoms with Gasteiger partial charge in [-0.1, -0.05) is 11.6 Å². The van der Waals surface area contributed by atoms with Crippen molar-refractivity contribution < 1.29 is 4.79 Å². The van der Waals surface area contributed by atoms with E-state index in [4.69, 9.17) is 17.3 Å². The summed E-state index contributed by atoms with van der Waals surface area (Å²) in [6.07, 6.45) is 0. The SMILES string of the molecule is CNC(=O)c1nn(C)c(N)c1Cl.Cl. The molecular formula is C6H10Cl2N4O. The summed E-state index contributed by atoms with van der Waals surface area (Å²) in [5, 5.41) is 6.43. The second-order valence-corrected chi connectivity index (χ2v) is 2.63. The molecule has 0 radical (unpaired) electrons. The standard InChI is InChI=1S/C6H9ClN4O.ClH/c1-9-6(12)4-3(7)5(8)11(2)10-4;/h8H2,1-2H3,(H,9,12);1H. The van der Waals surface area contributed by atoms with E-state index in [2.05, 4.69) is 10.4 Å². The van der Waals surface area contributed by atoms with Crippen LogP contribution in [0.3, 0.4) is 0 Å². The third-order valence-corrected chi connectivity index (χ3v) is 1.85. The van der Waals surface area contributed by atoms with E-state index in [0.717, 1.165) is 0 Å². The summed E-state index contributed by atoms with van der Waals surface area (Å²) in [6, 6.07) is 0. The highest BCUT2D eigenvalue weighted by Gasteiger charge is 2.16. The molecule has 0 bridgehead atoms. The first kappa shape index (κ1) is 12.1. The van der Waals surface area contributed by atoms with Gasteiger partial charge in [-0.25, -0.2) is 0 Å². The van der Waals surface area contributed by atoms with Gasteiger partial charge in [-0.15, -0.1) is 12.4 Å². The molecule has 1 amide bonds. The fraction of sp³-hybridized carbons (Fsp3) is 0.333. The summed E-state index contributed by atoms with van der Waals surface area (Å²) in [5.74, 6) is -0.0532. The van der Waals surface area contributed by atoms with Gasteiger partial charge in [0.25, 0.3) is 5.91 Å². The fourth-order valence-electron chi connectivity index (χ4n) is 0.775. The number of hydrogen-bond donors (Lipinski definition) is 2. The lowest BCUT2D eigenvalue weighted by molar-refractivity contribution is 0.0957. The maximum atomic E-state index is 11.1. The minimum absolute atomic E-state index is 0. The van der Waals surface area contributed by atoms with Gasteiger partial charge in [-0.2, -0.15) is 5.10 Å². The molecule has 0 aliphatic rings. The lowest BCUT2D eigenvalue weighted by atomic mass is 10.4. The monoisotopic (exact) mass is 224 g/mol. The summed E-state index contributed by atoms with van der Waals surface area (Å²) in [4.78, 5) is 11.1. The molecule has 1 aromatic heterocycles. The smallest absolute Gasteiger partial charge is 0.273 e. The Morgan fingerprint density at radius 3 is 2.54 bits per heavy atom. The predicted octanol–water partition coefficient (Wildman–Crippen LogP) is 0.437. The zero-order chi connectivity index (χ0) is 9.30. The van der Waals surface area contributed by atoms with E-state index < -0.39 is 0 Å². The van der Waals surface area contributed by atoms with Crippen molar-refractivity contribution in [2.45, 2.75) is 0 Å². The molecule has 13 heavy (non-hydrogen) atoms. The van der Waals surface area contributed by atoms with Crippen LogP contribution in [-0.4, -0.2) is 22.7 Å². The lowest BCUT2D eigenvalue weighted by Gasteiger charge is -1.92. The number of amides is 1. The number of nitrogens with zero attached hydrogens (tertiary/aromatic N) is 2. The van der Waals surface area contributed by atoms with Crippen molar-refractivity contribution >= 4 is 35.7 Å². The third-order valence-electron chi connectivity index (χ3n) is 1.47. The number of nitrogen functional groups attached to an aromatic ring is 1. The van der Waals surface area contributed by atoms with Crippen molar-refractivity contribution in [3.63, 3.8) is 0 Å². The Hall–Kier alpha value is -0.940. The molecule has 0 saturated heterocycles. The van der Waals surface area contributed by atoms with Crippen LogP contribution in [0.1, 0.15) is 10.5 Å². The number of anilines is 1. The van der Waals surface area contributed by atoms with Crippen LogP contribution in [-0.2, 0) is 7.05 Å². The Labute approximate surface area is 86.6 Å². The molecule has 1 rings (SSSR count). The zero-order valence-corrected chi connectivity index (χ0v) is 8.74. The molecule has 5 nitrogen and oxygen atoms in total. The van der Waals surface area contributed by atoms with Crippen LogP contribution in [0.25, 0.3) is 0 Å². The molecular weight excluding hydrogens is 215 g/mol. The largest absolute Gasteiger partial charge is 0.383 e. The van der Waals surface area contributed by atoms with Crippen LogP contribution < -0.4 is 11.1 Å². The molecule has 1 aromatic rings. The van der Waals surface area contributed by atoms with Gasteiger partial charge in [-0.05, 0) is 0 Å². The van der Waals surface area contributed by atoms with Crippen molar-refractivity contribution in [3.8, 4) is 0 Å². The van der Waals surface area contributed by atoms with Crippen LogP contribution in [0.4, 0.5) is 5.82 Å². The molecule has 0 spiro atoms. The molecule has 0 saturated carbocycles. The number of aromatic nitrogens is 2. The van der Waals surface area contributed by atoms with Gasteiger partial charge in [0.15, 0.2) is 5.69 Å². The predicted molar refractivity (Wildman–Crippen MR) is 53.3 cm³/mol. The average Bonchev–Trinajstić information content (AvgIpc) is 2.32. The highest BCUT2D eigenvalue weighted by atomic mass is 35.5. The van der Waals surface area contributed by atoms with Crippen molar-refractivity contribution in [2.75, 3.05) is 12.8 Å². The van der Waals surface area contributed by atoms with Gasteiger partial charge in [0.1, 0.15) is 10.8 Å². The summed E-state index contributed by atoms with van der Waals surface area (Å²) < 4.78 is 1.35. The Balaban J connectivity index is 0.00000144. The molecule has 1 heterocycles. The van der Waals surface area contributed by atoms with E-state index >= 15 is 0 Å². The highest BCUT2D eigenvalue weighted by Crippen LogP contribution is 2.21. The third kappa shape index (κ3) is 2.05. The summed E-state index contributed by atoms with van der Waals surface area (Å²) in [5.41, 5.74) is 5.64. The Bertz CT molecular complexity index is 323. The molecule has 74 valence electrons. The van der Waals surface area contributed by atoms with Gasteiger partial charge in [0.2, 0.25) is 0 Å². The van der Waals surface area contributed by atoms with Crippen molar-refractivity contribution in [2.24, 2.45) is 7.05 Å². The van der Waals surface area contributed by atoms with Gasteiger partial charge >= 0.3 is 0 Å². The first-order valence-corrected chi connectivity index (χ1v) is 3.65.